The summed E-state index contributed by atoms with van der Waals surface area (Å²) in [6.07, 6.45) is 1.18. The largest absolute Gasteiger partial charge is 0.469 e. The van der Waals surface area contributed by atoms with Gasteiger partial charge in [-0.3, -0.25) is 9.59 Å². The van der Waals surface area contributed by atoms with E-state index in [0.29, 0.717) is 12.8 Å². The molecule has 0 aromatic heterocycles. The zero-order chi connectivity index (χ0) is 17.8. The number of hydrogen-bond donors (Lipinski definition) is 0. The highest BCUT2D eigenvalue weighted by atomic mass is 16.5. The maximum absolute atomic E-state index is 11.9. The topological polar surface area (TPSA) is 52.6 Å². The van der Waals surface area contributed by atoms with Crippen molar-refractivity contribution >= 4 is 11.9 Å². The van der Waals surface area contributed by atoms with Crippen molar-refractivity contribution in [1.82, 2.24) is 0 Å². The first kappa shape index (κ1) is 19.2. The van der Waals surface area contributed by atoms with E-state index < -0.39 is 10.8 Å². The molecule has 0 unspecified atom stereocenters. The van der Waals surface area contributed by atoms with Crippen molar-refractivity contribution in [2.45, 2.75) is 47.5 Å². The molecule has 0 saturated carbocycles. The number of hydrogen-bond acceptors (Lipinski definition) is 4. The molecule has 0 atom stereocenters. The normalized spacial score (nSPS) is 12.0. The number of carbonyl (C=O) groups excluding carboxylic acids is 2. The first-order valence-corrected chi connectivity index (χ1v) is 7.78. The van der Waals surface area contributed by atoms with E-state index in [1.165, 1.54) is 14.2 Å². The third kappa shape index (κ3) is 5.08. The summed E-state index contributed by atoms with van der Waals surface area (Å²) in [4.78, 5) is 23.8. The van der Waals surface area contributed by atoms with Crippen molar-refractivity contribution in [2.75, 3.05) is 14.2 Å². The van der Waals surface area contributed by atoms with Gasteiger partial charge < -0.3 is 9.47 Å². The molecule has 0 aliphatic heterocycles. The van der Waals surface area contributed by atoms with E-state index in [0.717, 1.165) is 16.7 Å². The number of benzene rings is 1. The summed E-state index contributed by atoms with van der Waals surface area (Å²) in [7, 11) is 2.81. The van der Waals surface area contributed by atoms with Gasteiger partial charge in [-0.05, 0) is 58.6 Å². The average molecular weight is 320 g/mol. The molecule has 4 heteroatoms. The van der Waals surface area contributed by atoms with Gasteiger partial charge in [0.2, 0.25) is 0 Å². The molecule has 1 rings (SSSR count). The summed E-state index contributed by atoms with van der Waals surface area (Å²) in [6.45, 7) is 9.51. The number of aryl methyl sites for hydroxylation is 1. The Labute approximate surface area is 139 Å². The third-order valence-corrected chi connectivity index (χ3v) is 3.97. The Morgan fingerprint density at radius 1 is 0.826 bits per heavy atom. The lowest BCUT2D eigenvalue weighted by Crippen LogP contribution is -2.29. The fraction of sp³-hybridized carbons (Fsp3) is 0.579. The second-order valence-corrected chi connectivity index (χ2v) is 7.43. The quantitative estimate of drug-likeness (QED) is 0.753. The van der Waals surface area contributed by atoms with Crippen LogP contribution in [0.25, 0.3) is 0 Å². The van der Waals surface area contributed by atoms with Crippen molar-refractivity contribution in [3.8, 4) is 0 Å². The summed E-state index contributed by atoms with van der Waals surface area (Å²) in [5.74, 6) is -0.453. The minimum Gasteiger partial charge on any atom is -0.469 e. The van der Waals surface area contributed by atoms with Crippen LogP contribution in [0.4, 0.5) is 0 Å². The Bertz CT molecular complexity index is 537. The van der Waals surface area contributed by atoms with E-state index in [-0.39, 0.29) is 11.9 Å². The SMILES string of the molecule is COC(=O)C(C)(C)Cc1cc(C)cc(CC(C)(C)C(=O)OC)c1. The standard InChI is InChI=1S/C19H28O4/c1-13-8-14(11-18(2,3)16(20)22-6)10-15(9-13)12-19(4,5)17(21)23-7/h8-10H,11-12H2,1-7H3. The molecule has 0 heterocycles. The second kappa shape index (κ2) is 7.16. The fourth-order valence-electron chi connectivity index (χ4n) is 2.87. The molecule has 0 N–H and O–H groups in total. The van der Waals surface area contributed by atoms with Crippen LogP contribution in [0.15, 0.2) is 18.2 Å². The van der Waals surface area contributed by atoms with Gasteiger partial charge in [-0.1, -0.05) is 23.8 Å². The summed E-state index contributed by atoms with van der Waals surface area (Å²) in [5.41, 5.74) is 2.07. The first-order valence-electron chi connectivity index (χ1n) is 7.78. The Kier molecular flexibility index (Phi) is 5.98. The smallest absolute Gasteiger partial charge is 0.311 e. The Hall–Kier alpha value is -1.84. The Morgan fingerprint density at radius 2 is 1.17 bits per heavy atom. The van der Waals surface area contributed by atoms with Gasteiger partial charge in [0.15, 0.2) is 0 Å². The summed E-state index contributed by atoms with van der Waals surface area (Å²) in [6, 6.07) is 6.20. The van der Waals surface area contributed by atoms with Crippen LogP contribution in [0.2, 0.25) is 0 Å². The number of rotatable bonds is 6. The van der Waals surface area contributed by atoms with Gasteiger partial charge in [-0.15, -0.1) is 0 Å². The van der Waals surface area contributed by atoms with E-state index in [4.69, 9.17) is 9.47 Å². The predicted octanol–water partition coefficient (Wildman–Crippen LogP) is 3.48. The van der Waals surface area contributed by atoms with Gasteiger partial charge >= 0.3 is 11.9 Å². The molecule has 128 valence electrons. The monoisotopic (exact) mass is 320 g/mol. The van der Waals surface area contributed by atoms with Crippen LogP contribution in [0, 0.1) is 17.8 Å². The predicted molar refractivity (Wildman–Crippen MR) is 90.2 cm³/mol. The third-order valence-electron chi connectivity index (χ3n) is 3.97. The molecule has 0 spiro atoms. The van der Waals surface area contributed by atoms with Gasteiger partial charge in [-0.25, -0.2) is 0 Å². The Morgan fingerprint density at radius 3 is 1.48 bits per heavy atom. The van der Waals surface area contributed by atoms with Crippen molar-refractivity contribution in [2.24, 2.45) is 10.8 Å². The highest BCUT2D eigenvalue weighted by molar-refractivity contribution is 5.76. The zero-order valence-corrected chi connectivity index (χ0v) is 15.3. The van der Waals surface area contributed by atoms with Gasteiger partial charge in [-0.2, -0.15) is 0 Å². The molecule has 0 aliphatic rings. The second-order valence-electron chi connectivity index (χ2n) is 7.43. The van der Waals surface area contributed by atoms with Gasteiger partial charge in [0.05, 0.1) is 25.0 Å². The summed E-state index contributed by atoms with van der Waals surface area (Å²) < 4.78 is 9.75. The molecule has 0 amide bonds. The van der Waals surface area contributed by atoms with Gasteiger partial charge in [0.25, 0.3) is 0 Å². The number of carbonyl (C=O) groups is 2. The van der Waals surface area contributed by atoms with Crippen LogP contribution in [0.1, 0.15) is 44.4 Å². The molecule has 0 aliphatic carbocycles. The van der Waals surface area contributed by atoms with Crippen molar-refractivity contribution in [1.29, 1.82) is 0 Å². The molecule has 0 radical (unpaired) electrons. The lowest BCUT2D eigenvalue weighted by Gasteiger charge is -2.24. The van der Waals surface area contributed by atoms with E-state index >= 15 is 0 Å². The van der Waals surface area contributed by atoms with E-state index in [9.17, 15) is 9.59 Å². The van der Waals surface area contributed by atoms with Crippen LogP contribution in [0.3, 0.4) is 0 Å². The number of methoxy groups -OCH3 is 2. The maximum Gasteiger partial charge on any atom is 0.311 e. The first-order chi connectivity index (χ1) is 10.5. The summed E-state index contributed by atoms with van der Waals surface area (Å²) in [5, 5.41) is 0. The van der Waals surface area contributed by atoms with E-state index in [1.807, 2.05) is 34.6 Å². The molecular formula is C19H28O4. The summed E-state index contributed by atoms with van der Waals surface area (Å²) >= 11 is 0. The number of esters is 2. The van der Waals surface area contributed by atoms with Gasteiger partial charge in [0.1, 0.15) is 0 Å². The lowest BCUT2D eigenvalue weighted by atomic mass is 9.82. The van der Waals surface area contributed by atoms with Crippen molar-refractivity contribution < 1.29 is 19.1 Å². The molecule has 1 aromatic rings. The average Bonchev–Trinajstić information content (AvgIpc) is 2.43. The van der Waals surface area contributed by atoms with Crippen LogP contribution >= 0.6 is 0 Å². The molecule has 23 heavy (non-hydrogen) atoms. The number of ether oxygens (including phenoxy) is 2. The lowest BCUT2D eigenvalue weighted by molar-refractivity contribution is -0.151. The van der Waals surface area contributed by atoms with Crippen LogP contribution in [0.5, 0.6) is 0 Å². The molecule has 4 nitrogen and oxygen atoms in total. The maximum atomic E-state index is 11.9. The van der Waals surface area contributed by atoms with Gasteiger partial charge in [0, 0.05) is 0 Å². The fourth-order valence-corrected chi connectivity index (χ4v) is 2.87. The van der Waals surface area contributed by atoms with Crippen molar-refractivity contribution in [3.63, 3.8) is 0 Å². The molecule has 0 saturated heterocycles. The minimum absolute atomic E-state index is 0.226. The van der Waals surface area contributed by atoms with Crippen LogP contribution < -0.4 is 0 Å². The highest BCUT2D eigenvalue weighted by Crippen LogP contribution is 2.28. The molecular weight excluding hydrogens is 292 g/mol. The highest BCUT2D eigenvalue weighted by Gasteiger charge is 2.31. The Balaban J connectivity index is 3.05. The zero-order valence-electron chi connectivity index (χ0n) is 15.3. The van der Waals surface area contributed by atoms with Crippen molar-refractivity contribution in [3.05, 3.63) is 34.9 Å². The van der Waals surface area contributed by atoms with Crippen LogP contribution in [-0.4, -0.2) is 26.2 Å². The molecule has 0 fully saturated rings. The van der Waals surface area contributed by atoms with E-state index in [2.05, 4.69) is 18.2 Å². The molecule has 0 bridgehead atoms. The minimum atomic E-state index is -0.586. The molecule has 1 aromatic carbocycles. The van der Waals surface area contributed by atoms with Crippen LogP contribution in [-0.2, 0) is 31.9 Å². The van der Waals surface area contributed by atoms with E-state index in [1.54, 1.807) is 0 Å².